The van der Waals surface area contributed by atoms with Crippen molar-refractivity contribution in [2.75, 3.05) is 0 Å². The first-order valence-corrected chi connectivity index (χ1v) is 4.16. The minimum absolute atomic E-state index is 0.512. The standard InChI is InChI=1S/C9H14N4/c1-2-7-5-3-4-6-8(7)9(12-10)13-11/h3-6H,2,10-11H2,1H3,(H,12,13). The third-order valence-corrected chi connectivity index (χ3v) is 1.92. The van der Waals surface area contributed by atoms with E-state index in [2.05, 4.69) is 17.5 Å². The van der Waals surface area contributed by atoms with Gasteiger partial charge in [-0.05, 0) is 12.0 Å². The van der Waals surface area contributed by atoms with Crippen molar-refractivity contribution < 1.29 is 0 Å². The molecule has 0 heterocycles. The molecule has 0 amide bonds. The fourth-order valence-corrected chi connectivity index (χ4v) is 1.24. The monoisotopic (exact) mass is 178 g/mol. The zero-order valence-corrected chi connectivity index (χ0v) is 7.62. The smallest absolute Gasteiger partial charge is 0.167 e. The van der Waals surface area contributed by atoms with Gasteiger partial charge in [0, 0.05) is 5.56 Å². The molecule has 0 aliphatic heterocycles. The van der Waals surface area contributed by atoms with Gasteiger partial charge < -0.3 is 11.3 Å². The van der Waals surface area contributed by atoms with Crippen LogP contribution < -0.4 is 17.1 Å². The number of aryl methyl sites for hydroxylation is 1. The Bertz CT molecular complexity index is 306. The van der Waals surface area contributed by atoms with E-state index in [1.165, 1.54) is 5.56 Å². The summed E-state index contributed by atoms with van der Waals surface area (Å²) in [5.41, 5.74) is 4.59. The van der Waals surface area contributed by atoms with Crippen molar-refractivity contribution in [1.82, 2.24) is 5.43 Å². The number of rotatable bonds is 2. The maximum atomic E-state index is 5.28. The van der Waals surface area contributed by atoms with Gasteiger partial charge in [-0.3, -0.25) is 0 Å². The number of benzene rings is 1. The fraction of sp³-hybridized carbons (Fsp3) is 0.222. The maximum absolute atomic E-state index is 5.28. The van der Waals surface area contributed by atoms with Gasteiger partial charge >= 0.3 is 0 Å². The second kappa shape index (κ2) is 4.47. The van der Waals surface area contributed by atoms with Crippen LogP contribution in [-0.4, -0.2) is 5.84 Å². The van der Waals surface area contributed by atoms with Crippen molar-refractivity contribution in [2.45, 2.75) is 13.3 Å². The number of nitrogens with one attached hydrogen (secondary N) is 1. The molecule has 13 heavy (non-hydrogen) atoms. The van der Waals surface area contributed by atoms with Crippen molar-refractivity contribution in [3.8, 4) is 0 Å². The Kier molecular flexibility index (Phi) is 3.28. The quantitative estimate of drug-likeness (QED) is 0.264. The van der Waals surface area contributed by atoms with Gasteiger partial charge in [0.25, 0.3) is 0 Å². The first-order chi connectivity index (χ1) is 6.33. The van der Waals surface area contributed by atoms with Gasteiger partial charge in [0.2, 0.25) is 0 Å². The van der Waals surface area contributed by atoms with Crippen LogP contribution in [0.15, 0.2) is 29.4 Å². The molecule has 1 aromatic carbocycles. The highest BCUT2D eigenvalue weighted by atomic mass is 15.3. The highest BCUT2D eigenvalue weighted by Gasteiger charge is 2.04. The van der Waals surface area contributed by atoms with Gasteiger partial charge in [-0.1, -0.05) is 31.2 Å². The molecule has 0 radical (unpaired) electrons. The average molecular weight is 178 g/mol. The summed E-state index contributed by atoms with van der Waals surface area (Å²) in [6, 6.07) is 7.87. The van der Waals surface area contributed by atoms with Gasteiger partial charge in [0.15, 0.2) is 5.84 Å². The van der Waals surface area contributed by atoms with E-state index in [0.717, 1.165) is 12.0 Å². The van der Waals surface area contributed by atoms with Crippen molar-refractivity contribution in [3.05, 3.63) is 35.4 Å². The van der Waals surface area contributed by atoms with Crippen LogP contribution in [0, 0.1) is 0 Å². The molecule has 70 valence electrons. The first kappa shape index (κ1) is 9.54. The number of hydrogen-bond acceptors (Lipinski definition) is 3. The number of hydrazine groups is 1. The Morgan fingerprint density at radius 2 is 2.15 bits per heavy atom. The van der Waals surface area contributed by atoms with Gasteiger partial charge in [0.05, 0.1) is 0 Å². The average Bonchev–Trinajstić information content (AvgIpc) is 2.20. The number of hydrazone groups is 1. The molecule has 0 fully saturated rings. The molecule has 0 saturated carbocycles. The molecular weight excluding hydrogens is 164 g/mol. The van der Waals surface area contributed by atoms with Crippen LogP contribution in [0.2, 0.25) is 0 Å². The van der Waals surface area contributed by atoms with Gasteiger partial charge in [-0.2, -0.15) is 5.10 Å². The molecule has 0 aliphatic carbocycles. The Balaban J connectivity index is 3.12. The van der Waals surface area contributed by atoms with E-state index in [0.29, 0.717) is 5.84 Å². The summed E-state index contributed by atoms with van der Waals surface area (Å²) < 4.78 is 0. The van der Waals surface area contributed by atoms with E-state index in [1.807, 2.05) is 24.3 Å². The number of nitrogens with two attached hydrogens (primary N) is 2. The molecule has 0 saturated heterocycles. The van der Waals surface area contributed by atoms with Crippen LogP contribution in [-0.2, 0) is 6.42 Å². The molecule has 0 atom stereocenters. The van der Waals surface area contributed by atoms with Crippen LogP contribution in [0.25, 0.3) is 0 Å². The molecule has 0 aromatic heterocycles. The van der Waals surface area contributed by atoms with Crippen LogP contribution in [0.4, 0.5) is 0 Å². The SMILES string of the molecule is CCc1ccccc1C(=NN)NN. The Hall–Kier alpha value is -1.55. The molecule has 5 N–H and O–H groups in total. The predicted octanol–water partition coefficient (Wildman–Crippen LogP) is 0.333. The van der Waals surface area contributed by atoms with E-state index in [-0.39, 0.29) is 0 Å². The van der Waals surface area contributed by atoms with E-state index >= 15 is 0 Å². The summed E-state index contributed by atoms with van der Waals surface area (Å²) in [6.07, 6.45) is 0.927. The normalized spacial score (nSPS) is 11.4. The number of nitrogens with zero attached hydrogens (tertiary/aromatic N) is 1. The van der Waals surface area contributed by atoms with Crippen LogP contribution in [0.1, 0.15) is 18.1 Å². The van der Waals surface area contributed by atoms with Crippen LogP contribution in [0.3, 0.4) is 0 Å². The summed E-state index contributed by atoms with van der Waals surface area (Å²) in [4.78, 5) is 0. The minimum Gasteiger partial charge on any atom is -0.321 e. The Morgan fingerprint density at radius 3 is 2.69 bits per heavy atom. The lowest BCUT2D eigenvalue weighted by Gasteiger charge is -2.08. The van der Waals surface area contributed by atoms with E-state index in [4.69, 9.17) is 11.7 Å². The number of amidine groups is 1. The molecular formula is C9H14N4. The number of hydrogen-bond donors (Lipinski definition) is 3. The second-order valence-corrected chi connectivity index (χ2v) is 2.63. The molecule has 1 aromatic rings. The molecule has 4 nitrogen and oxygen atoms in total. The highest BCUT2D eigenvalue weighted by molar-refractivity contribution is 5.99. The molecule has 4 heteroatoms. The third kappa shape index (κ3) is 1.97. The lowest BCUT2D eigenvalue weighted by molar-refractivity contribution is 0.995. The summed E-state index contributed by atoms with van der Waals surface area (Å²) >= 11 is 0. The van der Waals surface area contributed by atoms with Crippen molar-refractivity contribution in [2.24, 2.45) is 16.8 Å². The largest absolute Gasteiger partial charge is 0.321 e. The lowest BCUT2D eigenvalue weighted by Crippen LogP contribution is -2.32. The summed E-state index contributed by atoms with van der Waals surface area (Å²) in [5, 5.41) is 3.57. The van der Waals surface area contributed by atoms with E-state index < -0.39 is 0 Å². The zero-order chi connectivity index (χ0) is 9.68. The molecule has 0 spiro atoms. The van der Waals surface area contributed by atoms with Crippen molar-refractivity contribution in [3.63, 3.8) is 0 Å². The van der Waals surface area contributed by atoms with Gasteiger partial charge in [-0.25, -0.2) is 5.84 Å². The molecule has 1 rings (SSSR count). The third-order valence-electron chi connectivity index (χ3n) is 1.92. The maximum Gasteiger partial charge on any atom is 0.167 e. The predicted molar refractivity (Wildman–Crippen MR) is 53.9 cm³/mol. The van der Waals surface area contributed by atoms with Crippen molar-refractivity contribution in [1.29, 1.82) is 0 Å². The Labute approximate surface area is 77.6 Å². The van der Waals surface area contributed by atoms with Gasteiger partial charge in [0.1, 0.15) is 0 Å². The molecule has 0 aliphatic rings. The molecule has 0 bridgehead atoms. The van der Waals surface area contributed by atoms with E-state index in [9.17, 15) is 0 Å². The first-order valence-electron chi connectivity index (χ1n) is 4.16. The fourth-order valence-electron chi connectivity index (χ4n) is 1.24. The van der Waals surface area contributed by atoms with Crippen LogP contribution >= 0.6 is 0 Å². The lowest BCUT2D eigenvalue weighted by atomic mass is 10.0. The Morgan fingerprint density at radius 1 is 1.46 bits per heavy atom. The topological polar surface area (TPSA) is 76.4 Å². The minimum atomic E-state index is 0.512. The van der Waals surface area contributed by atoms with Crippen molar-refractivity contribution >= 4 is 5.84 Å². The summed E-state index contributed by atoms with van der Waals surface area (Å²) in [5.74, 6) is 11.0. The molecule has 0 unspecified atom stereocenters. The zero-order valence-electron chi connectivity index (χ0n) is 7.62. The summed E-state index contributed by atoms with van der Waals surface area (Å²) in [7, 11) is 0. The second-order valence-electron chi connectivity index (χ2n) is 2.63. The van der Waals surface area contributed by atoms with E-state index in [1.54, 1.807) is 0 Å². The summed E-state index contributed by atoms with van der Waals surface area (Å²) in [6.45, 7) is 2.07. The highest BCUT2D eigenvalue weighted by Crippen LogP contribution is 2.08. The van der Waals surface area contributed by atoms with Crippen LogP contribution in [0.5, 0.6) is 0 Å². The van der Waals surface area contributed by atoms with Gasteiger partial charge in [-0.15, -0.1) is 0 Å².